The highest BCUT2D eigenvalue weighted by Crippen LogP contribution is 2.28. The third kappa shape index (κ3) is 21.0. The minimum absolute atomic E-state index is 0.0272. The highest BCUT2D eigenvalue weighted by Gasteiger charge is 2.41. The summed E-state index contributed by atoms with van der Waals surface area (Å²) in [5.74, 6) is -6.94. The van der Waals surface area contributed by atoms with Gasteiger partial charge in [0, 0.05) is 44.4 Å². The molecule has 2 aliphatic rings. The highest BCUT2D eigenvalue weighted by molar-refractivity contribution is 5.98. The van der Waals surface area contributed by atoms with Crippen LogP contribution in [0.4, 0.5) is 0 Å². The summed E-state index contributed by atoms with van der Waals surface area (Å²) in [6.45, 7) is 3.88. The number of likely N-dealkylation sites (tertiary alicyclic amines) is 1. The molecule has 26 nitrogen and oxygen atoms in total. The first-order valence-corrected chi connectivity index (χ1v) is 27.7. The number of rotatable bonds is 31. The predicted octanol–water partition coefficient (Wildman–Crippen LogP) is -0.812. The van der Waals surface area contributed by atoms with Gasteiger partial charge >= 0.3 is 5.97 Å². The smallest absolute Gasteiger partial charge is 0.326 e. The van der Waals surface area contributed by atoms with Gasteiger partial charge in [-0.15, -0.1) is 0 Å². The largest absolute Gasteiger partial charge is 0.508 e. The molecule has 26 heteroatoms. The van der Waals surface area contributed by atoms with Crippen LogP contribution >= 0.6 is 0 Å². The Labute approximate surface area is 471 Å². The number of aromatic amines is 1. The number of nitrogens with one attached hydrogen (secondary N) is 7. The zero-order chi connectivity index (χ0) is 59.0. The lowest BCUT2D eigenvalue weighted by Gasteiger charge is -2.33. The number of aliphatic carboxylic acids is 1. The molecule has 1 aromatic heterocycles. The van der Waals surface area contributed by atoms with Gasteiger partial charge in [0.15, 0.2) is 11.9 Å². The van der Waals surface area contributed by atoms with Crippen molar-refractivity contribution in [2.24, 2.45) is 50.5 Å². The summed E-state index contributed by atoms with van der Waals surface area (Å²) in [5.41, 5.74) is 30.2. The quantitative estimate of drug-likeness (QED) is 0.0213. The summed E-state index contributed by atoms with van der Waals surface area (Å²) in [6.07, 6.45) is 8.58. The van der Waals surface area contributed by atoms with E-state index in [1.807, 2.05) is 30.3 Å². The first kappa shape index (κ1) is 63.5. The third-order valence-electron chi connectivity index (χ3n) is 14.4. The van der Waals surface area contributed by atoms with Crippen LogP contribution in [0.1, 0.15) is 108 Å². The molecule has 7 amide bonds. The molecule has 1 saturated carbocycles. The number of aromatic nitrogens is 2. The van der Waals surface area contributed by atoms with Gasteiger partial charge in [0.1, 0.15) is 48.0 Å². The maximum atomic E-state index is 14.7. The SMILES string of the molecule is CC(C)[C@H](NC(=O)[C@H](CCCN=C(N)N)NC(=O)[C@@H](N)Cc1ccccc1)C(=O)N1CCC[C@H]1C(=O)N[C@@H](CC1CCCCC1)C(=O)N[C@@H](Cc1cnc[nH]1)C(=O)N[C@@H](CCCN=C(N)N)C(=O)N[C@@H](Cc1ccc(O)cc1)C(=O)O. The third-order valence-corrected chi connectivity index (χ3v) is 14.4. The molecule has 5 rings (SSSR count). The number of carboxylic acids is 1. The van der Waals surface area contributed by atoms with Crippen LogP contribution in [0.2, 0.25) is 0 Å². The molecular formula is C55H82N16O10. The Morgan fingerprint density at radius 1 is 0.654 bits per heavy atom. The standard InChI is InChI=1S/C55H82N16O10/c1-32(2)45(70-48(75)40(17-10-24-63-55(59)60)65-46(73)38(56)26-33-12-5-3-6-13-33)52(79)71-25-11-18-44(71)51(78)68-41(27-34-14-7-4-8-15-34)49(76)67-42(29-36-30-61-31-64-36)50(77)66-39(16-9-23-62-54(57)58)47(74)69-43(53(80)81)28-35-19-21-37(72)22-20-35/h3,5-6,12-13,19-22,30-32,34,38-45,72H,4,7-11,14-18,23-29,56H2,1-2H3,(H,61,64)(H,65,73)(H,66,77)(H,67,76)(H,68,78)(H,69,74)(H,70,75)(H,80,81)(H4,57,58,62)(H4,59,60,63)/t38-,39-,40-,41-,42-,43-,44-,45-/m0/s1. The molecule has 81 heavy (non-hydrogen) atoms. The summed E-state index contributed by atoms with van der Waals surface area (Å²) >= 11 is 0. The summed E-state index contributed by atoms with van der Waals surface area (Å²) in [5, 5.41) is 36.4. The molecule has 0 unspecified atom stereocenters. The topological polar surface area (TPSA) is 436 Å². The lowest BCUT2D eigenvalue weighted by Crippen LogP contribution is -2.61. The molecule has 19 N–H and O–H groups in total. The zero-order valence-corrected chi connectivity index (χ0v) is 46.2. The number of carbonyl (C=O) groups is 8. The number of H-pyrrole nitrogens is 1. The number of carboxylic acid groups (broad SMARTS) is 1. The minimum atomic E-state index is -1.44. The van der Waals surface area contributed by atoms with Crippen molar-refractivity contribution in [1.82, 2.24) is 46.8 Å². The Morgan fingerprint density at radius 3 is 1.79 bits per heavy atom. The second kappa shape index (κ2) is 32.1. The number of aromatic hydroxyl groups is 1. The van der Waals surface area contributed by atoms with Crippen molar-refractivity contribution >= 4 is 59.2 Å². The number of phenols is 1. The first-order valence-electron chi connectivity index (χ1n) is 27.7. The maximum Gasteiger partial charge on any atom is 0.326 e. The number of hydrogen-bond acceptors (Lipinski definition) is 13. The summed E-state index contributed by atoms with van der Waals surface area (Å²) < 4.78 is 0. The second-order valence-electron chi connectivity index (χ2n) is 21.1. The highest BCUT2D eigenvalue weighted by atomic mass is 16.4. The molecule has 1 aliphatic carbocycles. The van der Waals surface area contributed by atoms with E-state index in [1.165, 1.54) is 41.7 Å². The maximum absolute atomic E-state index is 14.7. The number of phenolic OH excluding ortho intramolecular Hbond substituents is 1. The van der Waals surface area contributed by atoms with E-state index >= 15 is 0 Å². The fraction of sp³-hybridized carbons (Fsp3) is 0.545. The monoisotopic (exact) mass is 1130 g/mol. The van der Waals surface area contributed by atoms with E-state index in [-0.39, 0.29) is 94.6 Å². The number of nitrogens with two attached hydrogens (primary N) is 5. The molecule has 0 spiro atoms. The molecular weight excluding hydrogens is 1040 g/mol. The van der Waals surface area contributed by atoms with E-state index in [1.54, 1.807) is 13.8 Å². The molecule has 3 aromatic rings. The van der Waals surface area contributed by atoms with E-state index in [2.05, 4.69) is 51.9 Å². The van der Waals surface area contributed by atoms with Crippen LogP contribution < -0.4 is 60.6 Å². The van der Waals surface area contributed by atoms with Crippen LogP contribution in [-0.2, 0) is 57.6 Å². The van der Waals surface area contributed by atoms with Crippen LogP contribution in [0, 0.1) is 11.8 Å². The number of aliphatic imine (C=N–C) groups is 2. The van der Waals surface area contributed by atoms with Crippen LogP contribution in [-0.4, -0.2) is 152 Å². The Balaban J connectivity index is 1.34. The lowest BCUT2D eigenvalue weighted by molar-refractivity contribution is -0.143. The minimum Gasteiger partial charge on any atom is -0.508 e. The van der Waals surface area contributed by atoms with Crippen LogP contribution in [0.3, 0.4) is 0 Å². The summed E-state index contributed by atoms with van der Waals surface area (Å²) in [4.78, 5) is 129. The number of nitrogens with zero attached hydrogens (tertiary/aromatic N) is 4. The Hall–Kier alpha value is -8.29. The van der Waals surface area contributed by atoms with Gasteiger partial charge in [0.05, 0.1) is 12.4 Å². The molecule has 8 atom stereocenters. The van der Waals surface area contributed by atoms with Crippen molar-refractivity contribution in [1.29, 1.82) is 0 Å². The molecule has 1 aliphatic heterocycles. The molecule has 2 heterocycles. The van der Waals surface area contributed by atoms with E-state index in [0.29, 0.717) is 24.1 Å². The van der Waals surface area contributed by atoms with E-state index in [0.717, 1.165) is 37.7 Å². The number of guanidine groups is 2. The molecule has 1 saturated heterocycles. The van der Waals surface area contributed by atoms with Crippen molar-refractivity contribution in [3.05, 3.63) is 83.9 Å². The fourth-order valence-electron chi connectivity index (χ4n) is 10.00. The first-order chi connectivity index (χ1) is 38.7. The summed E-state index contributed by atoms with van der Waals surface area (Å²) in [7, 11) is 0. The lowest BCUT2D eigenvalue weighted by atomic mass is 9.84. The van der Waals surface area contributed by atoms with Crippen LogP contribution in [0.5, 0.6) is 5.75 Å². The van der Waals surface area contributed by atoms with E-state index < -0.39 is 102 Å². The number of benzene rings is 2. The van der Waals surface area contributed by atoms with Gasteiger partial charge in [-0.2, -0.15) is 0 Å². The van der Waals surface area contributed by atoms with Crippen LogP contribution in [0.15, 0.2) is 77.1 Å². The van der Waals surface area contributed by atoms with E-state index in [4.69, 9.17) is 28.7 Å². The van der Waals surface area contributed by atoms with Gasteiger partial charge < -0.3 is 80.7 Å². The fourth-order valence-corrected chi connectivity index (χ4v) is 10.00. The van der Waals surface area contributed by atoms with Gasteiger partial charge in [-0.3, -0.25) is 43.5 Å². The van der Waals surface area contributed by atoms with Crippen molar-refractivity contribution in [2.75, 3.05) is 19.6 Å². The van der Waals surface area contributed by atoms with E-state index in [9.17, 15) is 48.6 Å². The van der Waals surface area contributed by atoms with Gasteiger partial charge in [0.25, 0.3) is 0 Å². The average Bonchev–Trinajstić information content (AvgIpc) is 4.21. The number of hydrogen-bond donors (Lipinski definition) is 14. The Bertz CT molecular complexity index is 2610. The van der Waals surface area contributed by atoms with Crippen molar-refractivity contribution in [3.8, 4) is 5.75 Å². The van der Waals surface area contributed by atoms with Gasteiger partial charge in [0.2, 0.25) is 41.4 Å². The van der Waals surface area contributed by atoms with Crippen molar-refractivity contribution in [3.63, 3.8) is 0 Å². The van der Waals surface area contributed by atoms with Gasteiger partial charge in [-0.05, 0) is 86.5 Å². The van der Waals surface area contributed by atoms with Crippen molar-refractivity contribution in [2.45, 2.75) is 158 Å². The van der Waals surface area contributed by atoms with Gasteiger partial charge in [-0.25, -0.2) is 9.78 Å². The van der Waals surface area contributed by atoms with Gasteiger partial charge in [-0.1, -0.05) is 88.4 Å². The second-order valence-corrected chi connectivity index (χ2v) is 21.1. The summed E-state index contributed by atoms with van der Waals surface area (Å²) in [6, 6.07) is 5.28. The van der Waals surface area contributed by atoms with Crippen molar-refractivity contribution < 1.29 is 48.6 Å². The Kier molecular flexibility index (Phi) is 25.2. The normalized spacial score (nSPS) is 16.9. The molecule has 0 radical (unpaired) electrons. The number of amides is 7. The molecule has 2 aromatic carbocycles. The zero-order valence-electron chi connectivity index (χ0n) is 46.2. The molecule has 0 bridgehead atoms. The average molecular weight is 1130 g/mol. The Morgan fingerprint density at radius 2 is 1.21 bits per heavy atom. The number of carbonyl (C=O) groups excluding carboxylic acids is 7. The van der Waals surface area contributed by atoms with Crippen LogP contribution in [0.25, 0.3) is 0 Å². The predicted molar refractivity (Wildman–Crippen MR) is 302 cm³/mol. The number of imidazole rings is 1. The molecule has 2 fully saturated rings. The molecule has 442 valence electrons.